The Morgan fingerprint density at radius 2 is 1.67 bits per heavy atom. The topological polar surface area (TPSA) is 115 Å². The summed E-state index contributed by atoms with van der Waals surface area (Å²) in [6, 6.07) is 25.6. The highest BCUT2D eigenvalue weighted by Gasteiger charge is 2.37. The van der Waals surface area contributed by atoms with Crippen LogP contribution in [0.15, 0.2) is 85.1 Å². The molecule has 2 aromatic heterocycles. The zero-order chi connectivity index (χ0) is 39.3. The third-order valence-corrected chi connectivity index (χ3v) is 10.1. The molecule has 0 amide bonds. The standard InChI is InChI=1S/C45H55N3O7/c1-30-16-17-38(49)36(24-30)34-14-11-15-35(26-34)37-27-48-39(46-37)25-31(2)40(41(43(50)51)55-44(4,5)6)42(48)47-20-18-45(7,19-21-47)54-23-22-52-28-32(3)53-29-33-12-9-8-10-13-33/h8-17,24-27,32,41,49H,18-23,28-29H2,1-7H3,(H,50,51)/t32-,41+/m1/s1. The Labute approximate surface area is 324 Å². The van der Waals surface area contributed by atoms with Gasteiger partial charge in [0, 0.05) is 36.0 Å². The zero-order valence-corrected chi connectivity index (χ0v) is 33.2. The second kappa shape index (κ2) is 17.0. The molecule has 2 N–H and O–H groups in total. The first-order valence-electron chi connectivity index (χ1n) is 19.2. The lowest BCUT2D eigenvalue weighted by molar-refractivity contribution is -0.160. The minimum atomic E-state index is -1.20. The Bertz CT molecular complexity index is 2080. The molecule has 55 heavy (non-hydrogen) atoms. The molecule has 0 aliphatic carbocycles. The number of ether oxygens (including phenoxy) is 4. The van der Waals surface area contributed by atoms with Gasteiger partial charge < -0.3 is 34.1 Å². The number of aliphatic carboxylic acids is 1. The molecule has 0 bridgehead atoms. The molecule has 0 unspecified atom stereocenters. The number of hydrogen-bond donors (Lipinski definition) is 2. The molecule has 1 aliphatic rings. The van der Waals surface area contributed by atoms with Crippen LogP contribution in [0.1, 0.15) is 75.8 Å². The van der Waals surface area contributed by atoms with Crippen LogP contribution in [0.4, 0.5) is 5.82 Å². The normalized spacial score (nSPS) is 15.7. The van der Waals surface area contributed by atoms with Gasteiger partial charge in [-0.1, -0.05) is 60.2 Å². The summed E-state index contributed by atoms with van der Waals surface area (Å²) in [5, 5.41) is 21.2. The number of aromatic hydroxyl groups is 1. The number of fused-ring (bicyclic) bond motifs is 1. The van der Waals surface area contributed by atoms with E-state index in [2.05, 4.69) is 11.8 Å². The number of rotatable bonds is 15. The Kier molecular flexibility index (Phi) is 12.3. The maximum atomic E-state index is 12.9. The third-order valence-electron chi connectivity index (χ3n) is 10.1. The van der Waals surface area contributed by atoms with E-state index in [9.17, 15) is 15.0 Å². The lowest BCUT2D eigenvalue weighted by atomic mass is 9.92. The van der Waals surface area contributed by atoms with Gasteiger partial charge in [0.1, 0.15) is 17.2 Å². The van der Waals surface area contributed by atoms with Crippen LogP contribution in [0.2, 0.25) is 0 Å². The molecular weight excluding hydrogens is 695 g/mol. The minimum Gasteiger partial charge on any atom is -0.507 e. The molecule has 10 nitrogen and oxygen atoms in total. The lowest BCUT2D eigenvalue weighted by Crippen LogP contribution is -2.46. The van der Waals surface area contributed by atoms with E-state index in [4.69, 9.17) is 23.9 Å². The van der Waals surface area contributed by atoms with Crippen molar-refractivity contribution in [2.24, 2.45) is 0 Å². The first-order valence-corrected chi connectivity index (χ1v) is 19.2. The maximum absolute atomic E-state index is 12.9. The second-order valence-corrected chi connectivity index (χ2v) is 15.9. The number of phenols is 1. The number of phenolic OH excluding ortho intramolecular Hbond substituents is 1. The molecule has 0 saturated carbocycles. The minimum absolute atomic E-state index is 0.0366. The number of pyridine rings is 1. The summed E-state index contributed by atoms with van der Waals surface area (Å²) in [6.07, 6.45) is 2.22. The Morgan fingerprint density at radius 3 is 2.38 bits per heavy atom. The van der Waals surface area contributed by atoms with Crippen molar-refractivity contribution in [1.82, 2.24) is 9.38 Å². The van der Waals surface area contributed by atoms with Gasteiger partial charge in [0.2, 0.25) is 0 Å². The molecule has 6 rings (SSSR count). The quantitative estimate of drug-likeness (QED) is 0.101. The number of nitrogens with zero attached hydrogens (tertiary/aromatic N) is 3. The van der Waals surface area contributed by atoms with Gasteiger partial charge in [-0.15, -0.1) is 0 Å². The Hall–Kier alpha value is -4.74. The van der Waals surface area contributed by atoms with Crippen LogP contribution in [0.3, 0.4) is 0 Å². The number of carbonyl (C=O) groups is 1. The van der Waals surface area contributed by atoms with E-state index in [1.54, 1.807) is 6.07 Å². The van der Waals surface area contributed by atoms with E-state index < -0.39 is 17.7 Å². The molecule has 1 fully saturated rings. The van der Waals surface area contributed by atoms with Gasteiger partial charge in [-0.3, -0.25) is 4.40 Å². The van der Waals surface area contributed by atoms with Crippen molar-refractivity contribution in [3.63, 3.8) is 0 Å². The van der Waals surface area contributed by atoms with Crippen LogP contribution in [0.5, 0.6) is 5.75 Å². The lowest BCUT2D eigenvalue weighted by Gasteiger charge is -2.41. The highest BCUT2D eigenvalue weighted by molar-refractivity contribution is 5.80. The van der Waals surface area contributed by atoms with Crippen LogP contribution in [0, 0.1) is 13.8 Å². The average Bonchev–Trinajstić information content (AvgIpc) is 3.57. The van der Waals surface area contributed by atoms with Crippen molar-refractivity contribution in [2.75, 3.05) is 37.8 Å². The molecule has 2 atom stereocenters. The van der Waals surface area contributed by atoms with Gasteiger partial charge in [-0.25, -0.2) is 9.78 Å². The first kappa shape index (κ1) is 39.9. The number of aryl methyl sites for hydroxylation is 2. The van der Waals surface area contributed by atoms with Gasteiger partial charge in [-0.05, 0) is 102 Å². The Balaban J connectivity index is 1.22. The van der Waals surface area contributed by atoms with Crippen molar-refractivity contribution in [3.05, 3.63) is 107 Å². The fourth-order valence-electron chi connectivity index (χ4n) is 7.14. The summed E-state index contributed by atoms with van der Waals surface area (Å²) >= 11 is 0. The summed E-state index contributed by atoms with van der Waals surface area (Å²) in [4.78, 5) is 20.2. The van der Waals surface area contributed by atoms with Crippen molar-refractivity contribution in [3.8, 4) is 28.1 Å². The number of carboxylic acid groups (broad SMARTS) is 1. The van der Waals surface area contributed by atoms with Crippen LogP contribution in [0.25, 0.3) is 28.0 Å². The van der Waals surface area contributed by atoms with Gasteiger partial charge in [0.05, 0.1) is 49.4 Å². The third kappa shape index (κ3) is 9.93. The largest absolute Gasteiger partial charge is 0.507 e. The Morgan fingerprint density at radius 1 is 0.945 bits per heavy atom. The van der Waals surface area contributed by atoms with E-state index in [0.717, 1.165) is 57.7 Å². The summed E-state index contributed by atoms with van der Waals surface area (Å²) in [5.74, 6) is -0.0754. The molecule has 3 heterocycles. The number of hydrogen-bond acceptors (Lipinski definition) is 8. The van der Waals surface area contributed by atoms with Gasteiger partial charge >= 0.3 is 5.97 Å². The summed E-state index contributed by atoms with van der Waals surface area (Å²) in [6.45, 7) is 16.9. The van der Waals surface area contributed by atoms with Crippen LogP contribution >= 0.6 is 0 Å². The highest BCUT2D eigenvalue weighted by Crippen LogP contribution is 2.40. The monoisotopic (exact) mass is 749 g/mol. The number of piperidine rings is 1. The fourth-order valence-corrected chi connectivity index (χ4v) is 7.14. The molecule has 0 spiro atoms. The van der Waals surface area contributed by atoms with Gasteiger partial charge in [-0.2, -0.15) is 0 Å². The smallest absolute Gasteiger partial charge is 0.337 e. The van der Waals surface area contributed by atoms with Crippen molar-refractivity contribution >= 4 is 17.4 Å². The number of anilines is 1. The van der Waals surface area contributed by atoms with Crippen LogP contribution in [-0.2, 0) is 30.3 Å². The van der Waals surface area contributed by atoms with E-state index in [-0.39, 0.29) is 17.5 Å². The first-order chi connectivity index (χ1) is 26.2. The molecular formula is C45H55N3O7. The summed E-state index contributed by atoms with van der Waals surface area (Å²) in [5.41, 5.74) is 6.47. The van der Waals surface area contributed by atoms with Crippen molar-refractivity contribution in [1.29, 1.82) is 0 Å². The SMILES string of the molecule is Cc1ccc(O)c(-c2cccc(-c3cn4c(N5CCC(C)(OCCOC[C@@H](C)OCc6ccccc6)CC5)c([C@H](OC(C)(C)C)C(=O)O)c(C)cc4n3)c2)c1. The molecule has 5 aromatic rings. The number of benzene rings is 3. The molecule has 292 valence electrons. The molecule has 1 saturated heterocycles. The number of carboxylic acids is 1. The highest BCUT2D eigenvalue weighted by atomic mass is 16.6. The molecule has 10 heteroatoms. The van der Waals surface area contributed by atoms with E-state index >= 15 is 0 Å². The van der Waals surface area contributed by atoms with Crippen molar-refractivity contribution in [2.45, 2.75) is 91.3 Å². The van der Waals surface area contributed by atoms with Crippen LogP contribution in [-0.4, -0.2) is 75.8 Å². The van der Waals surface area contributed by atoms with Gasteiger partial charge in [0.25, 0.3) is 0 Å². The van der Waals surface area contributed by atoms with Crippen molar-refractivity contribution < 1.29 is 34.0 Å². The van der Waals surface area contributed by atoms with E-state index in [1.807, 2.05) is 125 Å². The van der Waals surface area contributed by atoms with E-state index in [1.165, 1.54) is 0 Å². The summed E-state index contributed by atoms with van der Waals surface area (Å²) < 4.78 is 26.5. The summed E-state index contributed by atoms with van der Waals surface area (Å²) in [7, 11) is 0. The number of aromatic nitrogens is 2. The average molecular weight is 750 g/mol. The van der Waals surface area contributed by atoms with Crippen LogP contribution < -0.4 is 4.90 Å². The van der Waals surface area contributed by atoms with E-state index in [0.29, 0.717) is 50.7 Å². The predicted octanol–water partition coefficient (Wildman–Crippen LogP) is 8.93. The van der Waals surface area contributed by atoms with Gasteiger partial charge in [0.15, 0.2) is 6.10 Å². The fraction of sp³-hybridized carbons (Fsp3) is 0.422. The molecule has 1 aliphatic heterocycles. The zero-order valence-electron chi connectivity index (χ0n) is 33.2. The predicted molar refractivity (Wildman–Crippen MR) is 216 cm³/mol. The molecule has 0 radical (unpaired) electrons. The second-order valence-electron chi connectivity index (χ2n) is 15.9. The molecule has 3 aromatic carbocycles. The maximum Gasteiger partial charge on any atom is 0.337 e. The number of imidazole rings is 1.